The van der Waals surface area contributed by atoms with Crippen molar-refractivity contribution in [3.8, 4) is 0 Å². The normalized spacial score (nSPS) is 9.79. The zero-order valence-corrected chi connectivity index (χ0v) is 13.8. The van der Waals surface area contributed by atoms with Gasteiger partial charge in [-0.2, -0.15) is 0 Å². The van der Waals surface area contributed by atoms with Crippen molar-refractivity contribution in [1.82, 2.24) is 10.4 Å². The van der Waals surface area contributed by atoms with E-state index in [4.69, 9.17) is 5.73 Å². The number of halogens is 1. The average Bonchev–Trinajstić information content (AvgIpc) is 2.20. The third-order valence-electron chi connectivity index (χ3n) is 1.67. The number of hydrogen-bond donors (Lipinski definition) is 4. The number of nitrogens with two attached hydrogens (primary N) is 1. The van der Waals surface area contributed by atoms with Crippen molar-refractivity contribution in [3.63, 3.8) is 0 Å². The van der Waals surface area contributed by atoms with Gasteiger partial charge in [0.2, 0.25) is 0 Å². The van der Waals surface area contributed by atoms with Crippen LogP contribution >= 0.6 is 15.9 Å². The summed E-state index contributed by atoms with van der Waals surface area (Å²) in [6.07, 6.45) is 0. The van der Waals surface area contributed by atoms with Crippen LogP contribution in [0.25, 0.3) is 0 Å². The zero-order valence-electron chi connectivity index (χ0n) is 7.76. The van der Waals surface area contributed by atoms with E-state index in [1.165, 1.54) is 0 Å². The molecule has 7 heteroatoms. The summed E-state index contributed by atoms with van der Waals surface area (Å²) in [5, 5.41) is 0.739. The Kier molecular flexibility index (Phi) is 4.89. The summed E-state index contributed by atoms with van der Waals surface area (Å²) < 4.78 is 3.12. The van der Waals surface area contributed by atoms with Gasteiger partial charge >= 0.3 is 108 Å². The average molecular weight is 449 g/mol. The van der Waals surface area contributed by atoms with Crippen molar-refractivity contribution < 1.29 is 0 Å². The van der Waals surface area contributed by atoms with Crippen LogP contribution in [0, 0.1) is 0 Å². The van der Waals surface area contributed by atoms with Gasteiger partial charge in [0.15, 0.2) is 0 Å². The van der Waals surface area contributed by atoms with Gasteiger partial charge in [-0.15, -0.1) is 0 Å². The molecular weight excluding hydrogens is 438 g/mol. The minimum absolute atomic E-state index is 0.499. The molecule has 0 aromatic carbocycles. The molecule has 0 bridgehead atoms. The Bertz CT molecular complexity index is 319. The van der Waals surface area contributed by atoms with Crippen LogP contribution in [0.3, 0.4) is 0 Å². The van der Waals surface area contributed by atoms with Crippen LogP contribution in [-0.2, 0) is 5.33 Å². The quantitative estimate of drug-likeness (QED) is 0.308. The monoisotopic (exact) mass is 449 g/mol. The predicted octanol–water partition coefficient (Wildman–Crippen LogP) is 0.600. The van der Waals surface area contributed by atoms with Crippen LogP contribution in [0.15, 0.2) is 6.07 Å². The molecule has 0 atom stereocenters. The van der Waals surface area contributed by atoms with Crippen LogP contribution < -0.4 is 19.7 Å². The molecule has 5 nitrogen and oxygen atoms in total. The van der Waals surface area contributed by atoms with Gasteiger partial charge in [-0.05, 0) is 0 Å². The first-order valence-electron chi connectivity index (χ1n) is 3.97. The first kappa shape index (κ1) is 12.0. The van der Waals surface area contributed by atoms with Gasteiger partial charge in [0.25, 0.3) is 0 Å². The Morgan fingerprint density at radius 2 is 2.36 bits per heavy atom. The van der Waals surface area contributed by atoms with Crippen molar-refractivity contribution in [2.24, 2.45) is 0 Å². The van der Waals surface area contributed by atoms with Crippen LogP contribution in [0.2, 0.25) is 0 Å². The predicted molar refractivity (Wildman–Crippen MR) is 63.3 cm³/mol. The van der Waals surface area contributed by atoms with E-state index in [1.807, 2.05) is 6.07 Å². The Morgan fingerprint density at radius 3 is 2.86 bits per heavy atom. The summed E-state index contributed by atoms with van der Waals surface area (Å²) in [5.41, 5.74) is 13.5. The maximum absolute atomic E-state index is 5.80. The summed E-state index contributed by atoms with van der Waals surface area (Å²) in [5.74, 6) is 1.34. The molecule has 5 N–H and O–H groups in total. The van der Waals surface area contributed by atoms with Gasteiger partial charge < -0.3 is 0 Å². The molecule has 0 aliphatic heterocycles. The molecule has 0 saturated heterocycles. The number of rotatable bonds is 4. The van der Waals surface area contributed by atoms with Crippen molar-refractivity contribution >= 4 is 59.3 Å². The molecule has 0 aliphatic carbocycles. The van der Waals surface area contributed by atoms with Gasteiger partial charge in [0.1, 0.15) is 0 Å². The molecule has 0 amide bonds. The number of pyridine rings is 1. The molecule has 0 saturated carbocycles. The van der Waals surface area contributed by atoms with E-state index >= 15 is 0 Å². The zero-order chi connectivity index (χ0) is 10.6. The minimum atomic E-state index is 0.499. The second kappa shape index (κ2) is 5.71. The summed E-state index contributed by atoms with van der Waals surface area (Å²) in [6, 6.07) is 1.98. The maximum atomic E-state index is 5.80. The number of nitrogens with zero attached hydrogens (tertiary/aromatic N) is 1. The molecule has 0 fully saturated rings. The van der Waals surface area contributed by atoms with Crippen molar-refractivity contribution in [2.45, 2.75) is 5.33 Å². The molecule has 0 spiro atoms. The molecule has 0 aliphatic rings. The molecular formula is C7H11BrN5Tl. The summed E-state index contributed by atoms with van der Waals surface area (Å²) in [4.78, 5) is 4.20. The van der Waals surface area contributed by atoms with Gasteiger partial charge in [0.05, 0.1) is 0 Å². The summed E-state index contributed by atoms with van der Waals surface area (Å²) in [6.45, 7) is 0. The van der Waals surface area contributed by atoms with Gasteiger partial charge in [-0.1, -0.05) is 0 Å². The Morgan fingerprint density at radius 1 is 1.64 bits per heavy atom. The number of nitrogens with one attached hydrogen (secondary N) is 3. The van der Waals surface area contributed by atoms with E-state index in [2.05, 4.69) is 34.9 Å². The van der Waals surface area contributed by atoms with E-state index in [9.17, 15) is 0 Å². The SMILES string of the molecule is CNNc1c(CBr)cc([NH][Tl])nc1N. The van der Waals surface area contributed by atoms with Crippen molar-refractivity contribution in [1.29, 1.82) is 0 Å². The number of hydrogen-bond acceptors (Lipinski definition) is 5. The molecule has 1 heterocycles. The molecule has 0 radical (unpaired) electrons. The number of alkyl halides is 1. The third-order valence-corrected chi connectivity index (χ3v) is 3.42. The number of aromatic nitrogens is 1. The van der Waals surface area contributed by atoms with E-state index < -0.39 is 0 Å². The second-order valence-corrected chi connectivity index (χ2v) is 4.26. The summed E-state index contributed by atoms with van der Waals surface area (Å²) in [7, 11) is 1.79. The fourth-order valence-electron chi connectivity index (χ4n) is 1.07. The first-order chi connectivity index (χ1) is 6.72. The number of anilines is 3. The number of nitrogen functional groups attached to an aromatic ring is 1. The second-order valence-electron chi connectivity index (χ2n) is 2.58. The number of hydrazine groups is 1. The summed E-state index contributed by atoms with van der Waals surface area (Å²) >= 11 is 4.08. The van der Waals surface area contributed by atoms with E-state index in [1.54, 1.807) is 7.05 Å². The van der Waals surface area contributed by atoms with Crippen molar-refractivity contribution in [3.05, 3.63) is 11.6 Å². The van der Waals surface area contributed by atoms with E-state index in [0.29, 0.717) is 31.9 Å². The molecule has 1 aromatic rings. The topological polar surface area (TPSA) is 75.0 Å². The van der Waals surface area contributed by atoms with Crippen LogP contribution in [0.1, 0.15) is 5.56 Å². The van der Waals surface area contributed by atoms with Crippen LogP contribution in [0.4, 0.5) is 17.3 Å². The molecule has 1 aromatic heterocycles. The van der Waals surface area contributed by atoms with Crippen LogP contribution in [-0.4, -0.2) is 38.1 Å². The van der Waals surface area contributed by atoms with Gasteiger partial charge in [-0.3, -0.25) is 0 Å². The van der Waals surface area contributed by atoms with E-state index in [0.717, 1.165) is 22.4 Å². The fourth-order valence-corrected chi connectivity index (χ4v) is 2.09. The van der Waals surface area contributed by atoms with E-state index in [-0.39, 0.29) is 0 Å². The first-order valence-corrected chi connectivity index (χ1v) is 7.34. The Labute approximate surface area is 107 Å². The molecule has 14 heavy (non-hydrogen) atoms. The fraction of sp³-hybridized carbons (Fsp3) is 0.286. The Hall–Kier alpha value is -0.0879. The van der Waals surface area contributed by atoms with Crippen LogP contribution in [0.5, 0.6) is 0 Å². The van der Waals surface area contributed by atoms with Gasteiger partial charge in [0, 0.05) is 0 Å². The molecule has 0 unspecified atom stereocenters. The molecule has 74 valence electrons. The standard InChI is InChI=1S/C7H11BrN5.Tl/c1-11-13-6-4(3-8)2-5(9)12-7(6)10;/h2,11,13H,3H2,1H3,(H3-,9,10,12);/q-1;+1. The Balaban J connectivity index is 3.13. The van der Waals surface area contributed by atoms with Crippen molar-refractivity contribution in [2.75, 3.05) is 21.3 Å². The van der Waals surface area contributed by atoms with Gasteiger partial charge in [-0.25, -0.2) is 0 Å². The third kappa shape index (κ3) is 2.70. The molecule has 1 rings (SSSR count).